The Morgan fingerprint density at radius 2 is 2.35 bits per heavy atom. The predicted molar refractivity (Wildman–Crippen MR) is 76.0 cm³/mol. The Bertz CT molecular complexity index is 447. The Hall–Kier alpha value is -1.46. The minimum absolute atomic E-state index is 0.00347. The summed E-state index contributed by atoms with van der Waals surface area (Å²) in [5.74, 6) is -0.471. The third-order valence-corrected chi connectivity index (χ3v) is 3.48. The van der Waals surface area contributed by atoms with Crippen molar-refractivity contribution in [3.05, 3.63) is 30.1 Å². The van der Waals surface area contributed by atoms with Gasteiger partial charge in [-0.1, -0.05) is 6.07 Å². The zero-order chi connectivity index (χ0) is 14.4. The molecule has 1 aliphatic rings. The van der Waals surface area contributed by atoms with E-state index in [-0.39, 0.29) is 17.6 Å². The molecule has 0 spiro atoms. The lowest BCUT2D eigenvalue weighted by Gasteiger charge is -2.29. The summed E-state index contributed by atoms with van der Waals surface area (Å²) in [6.45, 7) is 2.18. The second-order valence-electron chi connectivity index (χ2n) is 5.03. The van der Waals surface area contributed by atoms with Crippen molar-refractivity contribution in [1.29, 1.82) is 0 Å². The fourth-order valence-corrected chi connectivity index (χ4v) is 2.42. The number of hydrogen-bond acceptors (Lipinski definition) is 3. The van der Waals surface area contributed by atoms with Crippen LogP contribution in [0.2, 0.25) is 0 Å². The molecule has 0 radical (unpaired) electrons. The first-order chi connectivity index (χ1) is 9.72. The van der Waals surface area contributed by atoms with Crippen molar-refractivity contribution in [2.75, 3.05) is 31.2 Å². The van der Waals surface area contributed by atoms with Crippen LogP contribution in [-0.4, -0.2) is 32.2 Å². The highest BCUT2D eigenvalue weighted by molar-refractivity contribution is 5.95. The van der Waals surface area contributed by atoms with Crippen molar-refractivity contribution in [3.63, 3.8) is 0 Å². The number of benzene rings is 1. The molecule has 1 aromatic rings. The Balaban J connectivity index is 2.15. The van der Waals surface area contributed by atoms with Gasteiger partial charge in [-0.15, -0.1) is 0 Å². The molecule has 2 N–H and O–H groups in total. The molecule has 5 heteroatoms. The van der Waals surface area contributed by atoms with Crippen LogP contribution in [0, 0.1) is 11.7 Å². The predicted octanol–water partition coefficient (Wildman–Crippen LogP) is 1.93. The number of nitrogens with zero attached hydrogens (tertiary/aromatic N) is 1. The van der Waals surface area contributed by atoms with Crippen LogP contribution in [0.1, 0.15) is 19.3 Å². The molecule has 20 heavy (non-hydrogen) atoms. The number of hydrogen-bond donors (Lipinski definition) is 1. The van der Waals surface area contributed by atoms with E-state index in [4.69, 9.17) is 10.5 Å². The smallest absolute Gasteiger partial charge is 0.232 e. The molecule has 110 valence electrons. The number of carbonyl (C=O) groups excluding carboxylic acids is 1. The molecule has 1 fully saturated rings. The number of anilines is 1. The molecular formula is C15H21FN2O2. The van der Waals surface area contributed by atoms with E-state index in [0.29, 0.717) is 38.4 Å². The molecule has 4 nitrogen and oxygen atoms in total. The summed E-state index contributed by atoms with van der Waals surface area (Å²) >= 11 is 0. The maximum Gasteiger partial charge on any atom is 0.232 e. The van der Waals surface area contributed by atoms with Gasteiger partial charge in [0.2, 0.25) is 5.91 Å². The summed E-state index contributed by atoms with van der Waals surface area (Å²) in [7, 11) is 0. The molecular weight excluding hydrogens is 259 g/mol. The van der Waals surface area contributed by atoms with Gasteiger partial charge in [0.15, 0.2) is 0 Å². The lowest BCUT2D eigenvalue weighted by atomic mass is 10.00. The lowest BCUT2D eigenvalue weighted by Crippen LogP contribution is -2.40. The van der Waals surface area contributed by atoms with E-state index in [0.717, 1.165) is 12.8 Å². The molecule has 1 amide bonds. The van der Waals surface area contributed by atoms with Crippen LogP contribution in [0.3, 0.4) is 0 Å². The highest BCUT2D eigenvalue weighted by Gasteiger charge is 2.27. The van der Waals surface area contributed by atoms with Crippen LogP contribution in [0.4, 0.5) is 10.1 Å². The van der Waals surface area contributed by atoms with Crippen molar-refractivity contribution < 1.29 is 13.9 Å². The first kappa shape index (κ1) is 14.9. The van der Waals surface area contributed by atoms with Gasteiger partial charge in [0.05, 0.1) is 12.5 Å². The molecule has 2 rings (SSSR count). The van der Waals surface area contributed by atoms with E-state index in [1.165, 1.54) is 12.1 Å². The van der Waals surface area contributed by atoms with Gasteiger partial charge in [0, 0.05) is 18.8 Å². The summed E-state index contributed by atoms with van der Waals surface area (Å²) in [6, 6.07) is 6.13. The summed E-state index contributed by atoms with van der Waals surface area (Å²) < 4.78 is 18.7. The van der Waals surface area contributed by atoms with Gasteiger partial charge in [-0.2, -0.15) is 0 Å². The number of ether oxygens (including phenoxy) is 1. The first-order valence-electron chi connectivity index (χ1n) is 7.07. The van der Waals surface area contributed by atoms with Gasteiger partial charge in [-0.05, 0) is 44.0 Å². The van der Waals surface area contributed by atoms with Crippen molar-refractivity contribution in [2.45, 2.75) is 19.3 Å². The second-order valence-corrected chi connectivity index (χ2v) is 5.03. The molecule has 0 aromatic heterocycles. The van der Waals surface area contributed by atoms with Gasteiger partial charge in [-0.25, -0.2) is 4.39 Å². The fourth-order valence-electron chi connectivity index (χ4n) is 2.42. The molecule has 1 heterocycles. The summed E-state index contributed by atoms with van der Waals surface area (Å²) in [5.41, 5.74) is 6.12. The van der Waals surface area contributed by atoms with Crippen LogP contribution < -0.4 is 10.6 Å². The van der Waals surface area contributed by atoms with Crippen molar-refractivity contribution in [3.8, 4) is 0 Å². The van der Waals surface area contributed by atoms with Gasteiger partial charge >= 0.3 is 0 Å². The molecule has 0 bridgehead atoms. The Labute approximate surface area is 118 Å². The molecule has 1 saturated heterocycles. The number of carbonyl (C=O) groups is 1. The monoisotopic (exact) mass is 280 g/mol. The summed E-state index contributed by atoms with van der Waals surface area (Å²) in [6.07, 6.45) is 2.41. The van der Waals surface area contributed by atoms with E-state index in [9.17, 15) is 9.18 Å². The Kier molecular flexibility index (Phi) is 5.49. The topological polar surface area (TPSA) is 55.6 Å². The highest BCUT2D eigenvalue weighted by atomic mass is 19.1. The molecule has 1 unspecified atom stereocenters. The second kappa shape index (κ2) is 7.36. The minimum Gasteiger partial charge on any atom is -0.381 e. The largest absolute Gasteiger partial charge is 0.381 e. The quantitative estimate of drug-likeness (QED) is 0.896. The number of nitrogens with two attached hydrogens (primary N) is 1. The molecule has 1 aliphatic heterocycles. The van der Waals surface area contributed by atoms with Gasteiger partial charge in [0.1, 0.15) is 5.82 Å². The molecule has 0 aliphatic carbocycles. The van der Waals surface area contributed by atoms with E-state index >= 15 is 0 Å². The molecule has 1 atom stereocenters. The van der Waals surface area contributed by atoms with Crippen molar-refractivity contribution in [1.82, 2.24) is 0 Å². The van der Waals surface area contributed by atoms with E-state index in [1.54, 1.807) is 17.0 Å². The van der Waals surface area contributed by atoms with Crippen LogP contribution in [0.15, 0.2) is 24.3 Å². The summed E-state index contributed by atoms with van der Waals surface area (Å²) in [5, 5.41) is 0. The average molecular weight is 280 g/mol. The zero-order valence-corrected chi connectivity index (χ0v) is 11.6. The number of amides is 1. The standard InChI is InChI=1S/C15H21FN2O2/c16-13-5-1-6-14(10-13)18(8-3-7-17)15(19)12-4-2-9-20-11-12/h1,5-6,10,12H,2-4,7-9,11,17H2. The highest BCUT2D eigenvalue weighted by Crippen LogP contribution is 2.22. The maximum atomic E-state index is 13.4. The third-order valence-electron chi connectivity index (χ3n) is 3.48. The molecule has 1 aromatic carbocycles. The van der Waals surface area contributed by atoms with Crippen LogP contribution in [-0.2, 0) is 9.53 Å². The summed E-state index contributed by atoms with van der Waals surface area (Å²) in [4.78, 5) is 14.2. The normalized spacial score (nSPS) is 18.8. The zero-order valence-electron chi connectivity index (χ0n) is 11.6. The van der Waals surface area contributed by atoms with Crippen LogP contribution in [0.5, 0.6) is 0 Å². The number of halogens is 1. The minimum atomic E-state index is -0.340. The SMILES string of the molecule is NCCCN(C(=O)C1CCCOC1)c1cccc(F)c1. The lowest BCUT2D eigenvalue weighted by molar-refractivity contribution is -0.126. The number of rotatable bonds is 5. The van der Waals surface area contributed by atoms with E-state index in [1.807, 2.05) is 0 Å². The van der Waals surface area contributed by atoms with E-state index in [2.05, 4.69) is 0 Å². The first-order valence-corrected chi connectivity index (χ1v) is 7.07. The van der Waals surface area contributed by atoms with Gasteiger partial charge in [-0.3, -0.25) is 4.79 Å². The maximum absolute atomic E-state index is 13.4. The van der Waals surface area contributed by atoms with Crippen LogP contribution in [0.25, 0.3) is 0 Å². The van der Waals surface area contributed by atoms with Crippen molar-refractivity contribution in [2.24, 2.45) is 11.7 Å². The molecule has 0 saturated carbocycles. The third kappa shape index (κ3) is 3.77. The average Bonchev–Trinajstić information content (AvgIpc) is 2.48. The Morgan fingerprint density at radius 1 is 1.50 bits per heavy atom. The van der Waals surface area contributed by atoms with Crippen LogP contribution >= 0.6 is 0 Å². The van der Waals surface area contributed by atoms with Gasteiger partial charge in [0.25, 0.3) is 0 Å². The Morgan fingerprint density at radius 3 is 3.00 bits per heavy atom. The van der Waals surface area contributed by atoms with Gasteiger partial charge < -0.3 is 15.4 Å². The van der Waals surface area contributed by atoms with E-state index < -0.39 is 0 Å². The fraction of sp³-hybridized carbons (Fsp3) is 0.533. The van der Waals surface area contributed by atoms with Crippen molar-refractivity contribution >= 4 is 11.6 Å².